The second-order valence-electron chi connectivity index (χ2n) is 3.78. The topological polar surface area (TPSA) is 21.8 Å². The summed E-state index contributed by atoms with van der Waals surface area (Å²) in [6, 6.07) is 0. The molecule has 2 nitrogen and oxygen atoms in total. The molecular weight excluding hydrogens is 159 g/mol. The van der Waals surface area contributed by atoms with Crippen LogP contribution in [0, 0.1) is 0 Å². The van der Waals surface area contributed by atoms with Crippen LogP contribution in [-0.4, -0.2) is 30.1 Å². The SMILES string of the molecule is CCOP1C[C@@]2(C)O[C@]2(C)C1. The molecule has 0 unspecified atom stereocenters. The summed E-state index contributed by atoms with van der Waals surface area (Å²) in [5.74, 6) is 0. The lowest BCUT2D eigenvalue weighted by Gasteiger charge is -2.12. The van der Waals surface area contributed by atoms with Crippen molar-refractivity contribution >= 4 is 8.15 Å². The summed E-state index contributed by atoms with van der Waals surface area (Å²) in [6.45, 7) is 7.33. The molecule has 64 valence electrons. The molecule has 2 aliphatic rings. The fraction of sp³-hybridized carbons (Fsp3) is 1.00. The van der Waals surface area contributed by atoms with Crippen LogP contribution in [0.2, 0.25) is 0 Å². The van der Waals surface area contributed by atoms with E-state index in [-0.39, 0.29) is 19.4 Å². The van der Waals surface area contributed by atoms with E-state index in [1.807, 2.05) is 0 Å². The second-order valence-corrected chi connectivity index (χ2v) is 5.63. The van der Waals surface area contributed by atoms with E-state index in [1.54, 1.807) is 0 Å². The zero-order valence-corrected chi connectivity index (χ0v) is 8.28. The van der Waals surface area contributed by atoms with Crippen molar-refractivity contribution < 1.29 is 9.26 Å². The minimum Gasteiger partial charge on any atom is -0.362 e. The van der Waals surface area contributed by atoms with Crippen molar-refractivity contribution in [1.29, 1.82) is 0 Å². The highest BCUT2D eigenvalue weighted by Gasteiger charge is 2.69. The summed E-state index contributed by atoms with van der Waals surface area (Å²) in [5, 5.41) is 0. The Hall–Kier alpha value is 0.350. The van der Waals surface area contributed by atoms with Gasteiger partial charge in [0.1, 0.15) is 11.2 Å². The maximum Gasteiger partial charge on any atom is 0.101 e. The van der Waals surface area contributed by atoms with E-state index < -0.39 is 0 Å². The van der Waals surface area contributed by atoms with Gasteiger partial charge in [0.2, 0.25) is 0 Å². The molecule has 0 radical (unpaired) electrons. The first kappa shape index (κ1) is 7.97. The van der Waals surface area contributed by atoms with Gasteiger partial charge in [-0.2, -0.15) is 0 Å². The Labute approximate surface area is 69.1 Å². The third-order valence-corrected chi connectivity index (χ3v) is 5.33. The van der Waals surface area contributed by atoms with E-state index in [0.717, 1.165) is 18.9 Å². The number of ether oxygens (including phenoxy) is 1. The predicted octanol–water partition coefficient (Wildman–Crippen LogP) is 1.98. The molecule has 0 aliphatic carbocycles. The summed E-state index contributed by atoms with van der Waals surface area (Å²) >= 11 is 0. The summed E-state index contributed by atoms with van der Waals surface area (Å²) in [4.78, 5) is 0. The molecule has 11 heavy (non-hydrogen) atoms. The van der Waals surface area contributed by atoms with Gasteiger partial charge in [0.05, 0.1) is 0 Å². The van der Waals surface area contributed by atoms with Crippen molar-refractivity contribution in [1.82, 2.24) is 0 Å². The standard InChI is InChI=1S/C8H15O2P/c1-4-9-11-5-7(2)8(3,6-11)10-7/h4-6H2,1-3H3/t7-,8-/m1/s1. The molecule has 0 aromatic heterocycles. The highest BCUT2D eigenvalue weighted by molar-refractivity contribution is 7.53. The minimum atomic E-state index is -0.157. The van der Waals surface area contributed by atoms with Gasteiger partial charge in [0.15, 0.2) is 0 Å². The van der Waals surface area contributed by atoms with Crippen molar-refractivity contribution in [3.63, 3.8) is 0 Å². The lowest BCUT2D eigenvalue weighted by molar-refractivity contribution is 0.279. The van der Waals surface area contributed by atoms with Crippen molar-refractivity contribution in [2.45, 2.75) is 32.0 Å². The summed E-state index contributed by atoms with van der Waals surface area (Å²) < 4.78 is 11.3. The fourth-order valence-electron chi connectivity index (χ4n) is 1.87. The molecule has 0 aromatic rings. The molecule has 0 saturated carbocycles. The molecular formula is C8H15O2P. The number of fused-ring (bicyclic) bond motifs is 1. The van der Waals surface area contributed by atoms with Crippen LogP contribution in [0.4, 0.5) is 0 Å². The molecule has 0 amide bonds. The highest BCUT2D eigenvalue weighted by atomic mass is 31.1. The Morgan fingerprint density at radius 3 is 2.36 bits per heavy atom. The monoisotopic (exact) mass is 174 g/mol. The number of rotatable bonds is 2. The van der Waals surface area contributed by atoms with Crippen molar-refractivity contribution in [3.8, 4) is 0 Å². The average Bonchev–Trinajstić information content (AvgIpc) is 2.24. The van der Waals surface area contributed by atoms with Gasteiger partial charge < -0.3 is 9.26 Å². The summed E-state index contributed by atoms with van der Waals surface area (Å²) in [7, 11) is -0.157. The molecule has 0 bridgehead atoms. The van der Waals surface area contributed by atoms with E-state index in [0.29, 0.717) is 0 Å². The first-order valence-electron chi connectivity index (χ1n) is 4.18. The quantitative estimate of drug-likeness (QED) is 0.471. The third-order valence-electron chi connectivity index (χ3n) is 2.80. The van der Waals surface area contributed by atoms with Crippen molar-refractivity contribution in [3.05, 3.63) is 0 Å². The van der Waals surface area contributed by atoms with Crippen LogP contribution in [0.15, 0.2) is 0 Å². The Morgan fingerprint density at radius 1 is 1.36 bits per heavy atom. The van der Waals surface area contributed by atoms with E-state index >= 15 is 0 Å². The first-order chi connectivity index (χ1) is 5.10. The normalized spacial score (nSPS) is 49.4. The second kappa shape index (κ2) is 2.18. The van der Waals surface area contributed by atoms with Crippen molar-refractivity contribution in [2.75, 3.05) is 18.9 Å². The summed E-state index contributed by atoms with van der Waals surface area (Å²) in [6.07, 6.45) is 2.29. The zero-order valence-electron chi connectivity index (χ0n) is 7.39. The Morgan fingerprint density at radius 2 is 1.91 bits per heavy atom. The number of hydrogen-bond acceptors (Lipinski definition) is 2. The minimum absolute atomic E-state index is 0.157. The lowest BCUT2D eigenvalue weighted by atomic mass is 10.0. The van der Waals surface area contributed by atoms with E-state index in [2.05, 4.69) is 20.8 Å². The van der Waals surface area contributed by atoms with Crippen LogP contribution in [-0.2, 0) is 9.26 Å². The van der Waals surface area contributed by atoms with Gasteiger partial charge >= 0.3 is 0 Å². The molecule has 2 saturated heterocycles. The smallest absolute Gasteiger partial charge is 0.101 e. The highest BCUT2D eigenvalue weighted by Crippen LogP contribution is 2.66. The summed E-state index contributed by atoms with van der Waals surface area (Å²) in [5.41, 5.74) is 0.349. The molecule has 0 N–H and O–H groups in total. The molecule has 0 aromatic carbocycles. The number of hydrogen-bond donors (Lipinski definition) is 0. The fourth-order valence-corrected chi connectivity index (χ4v) is 4.68. The van der Waals surface area contributed by atoms with Crippen LogP contribution in [0.3, 0.4) is 0 Å². The van der Waals surface area contributed by atoms with Gasteiger partial charge in [-0.05, 0) is 20.8 Å². The largest absolute Gasteiger partial charge is 0.362 e. The molecule has 2 atom stereocenters. The van der Waals surface area contributed by atoms with E-state index in [1.165, 1.54) is 0 Å². The molecule has 2 aliphatic heterocycles. The molecule has 3 heteroatoms. The van der Waals surface area contributed by atoms with Gasteiger partial charge in [-0.1, -0.05) is 0 Å². The van der Waals surface area contributed by atoms with Crippen LogP contribution < -0.4 is 0 Å². The molecule has 2 rings (SSSR count). The lowest BCUT2D eigenvalue weighted by Crippen LogP contribution is -2.15. The Kier molecular flexibility index (Phi) is 1.58. The average molecular weight is 174 g/mol. The molecule has 2 heterocycles. The maximum atomic E-state index is 5.64. The van der Waals surface area contributed by atoms with Crippen LogP contribution in [0.25, 0.3) is 0 Å². The van der Waals surface area contributed by atoms with Crippen LogP contribution >= 0.6 is 8.15 Å². The van der Waals surface area contributed by atoms with Gasteiger partial charge in [-0.15, -0.1) is 0 Å². The van der Waals surface area contributed by atoms with Gasteiger partial charge in [-0.25, -0.2) is 0 Å². The third kappa shape index (κ3) is 1.04. The Bertz CT molecular complexity index is 169. The van der Waals surface area contributed by atoms with Crippen LogP contribution in [0.1, 0.15) is 20.8 Å². The molecule has 2 fully saturated rings. The van der Waals surface area contributed by atoms with Gasteiger partial charge in [0.25, 0.3) is 0 Å². The zero-order chi connectivity index (χ0) is 8.11. The predicted molar refractivity (Wildman–Crippen MR) is 46.2 cm³/mol. The van der Waals surface area contributed by atoms with E-state index in [9.17, 15) is 0 Å². The van der Waals surface area contributed by atoms with E-state index in [4.69, 9.17) is 9.26 Å². The van der Waals surface area contributed by atoms with Gasteiger partial charge in [0, 0.05) is 27.1 Å². The first-order valence-corrected chi connectivity index (χ1v) is 5.81. The van der Waals surface area contributed by atoms with Crippen molar-refractivity contribution in [2.24, 2.45) is 0 Å². The number of epoxide rings is 1. The Balaban J connectivity index is 1.96. The van der Waals surface area contributed by atoms with Gasteiger partial charge in [-0.3, -0.25) is 0 Å². The van der Waals surface area contributed by atoms with Crippen LogP contribution in [0.5, 0.6) is 0 Å². The maximum absolute atomic E-state index is 5.64. The molecule has 0 spiro atoms.